The molecule has 0 radical (unpaired) electrons. The molecule has 29 heavy (non-hydrogen) atoms. The molecule has 7 nitrogen and oxygen atoms in total. The second kappa shape index (κ2) is 8.60. The molecule has 150 valence electrons. The number of ether oxygens (including phenoxy) is 1. The SMILES string of the molecule is CCc1cccc(CC)c1NC(=O)c1nn(-c2ccccc2OC)c(=O)cc1O. The van der Waals surface area contributed by atoms with Crippen molar-refractivity contribution in [3.63, 3.8) is 0 Å². The first-order valence-corrected chi connectivity index (χ1v) is 9.39. The Morgan fingerprint density at radius 2 is 1.76 bits per heavy atom. The first-order chi connectivity index (χ1) is 14.0. The van der Waals surface area contributed by atoms with Gasteiger partial charge in [0.25, 0.3) is 11.5 Å². The van der Waals surface area contributed by atoms with E-state index >= 15 is 0 Å². The standard InChI is InChI=1S/C22H23N3O4/c1-4-14-9-8-10-15(5-2)20(14)23-22(28)21-17(26)13-19(27)25(24-21)16-11-6-7-12-18(16)29-3/h6-13,26H,4-5H2,1-3H3,(H,23,28). The monoisotopic (exact) mass is 393 g/mol. The number of hydrogen-bond donors (Lipinski definition) is 2. The van der Waals surface area contributed by atoms with Crippen LogP contribution < -0.4 is 15.6 Å². The van der Waals surface area contributed by atoms with E-state index in [0.29, 0.717) is 17.1 Å². The summed E-state index contributed by atoms with van der Waals surface area (Å²) >= 11 is 0. The Bertz CT molecular complexity index is 1080. The second-order valence-corrected chi connectivity index (χ2v) is 6.41. The molecule has 0 atom stereocenters. The predicted molar refractivity (Wildman–Crippen MR) is 111 cm³/mol. The van der Waals surface area contributed by atoms with Crippen LogP contribution in [0.3, 0.4) is 0 Å². The highest BCUT2D eigenvalue weighted by atomic mass is 16.5. The van der Waals surface area contributed by atoms with Crippen LogP contribution in [0.4, 0.5) is 5.69 Å². The van der Waals surface area contributed by atoms with Crippen molar-refractivity contribution in [2.75, 3.05) is 12.4 Å². The average molecular weight is 393 g/mol. The number of aryl methyl sites for hydroxylation is 2. The van der Waals surface area contributed by atoms with Crippen molar-refractivity contribution in [2.24, 2.45) is 0 Å². The molecule has 2 aromatic carbocycles. The van der Waals surface area contributed by atoms with Crippen LogP contribution in [0.25, 0.3) is 5.69 Å². The molecule has 2 N–H and O–H groups in total. The average Bonchev–Trinajstić information content (AvgIpc) is 2.73. The van der Waals surface area contributed by atoms with Gasteiger partial charge < -0.3 is 15.2 Å². The Balaban J connectivity index is 2.06. The fourth-order valence-corrected chi connectivity index (χ4v) is 3.16. The number of aromatic nitrogens is 2. The minimum absolute atomic E-state index is 0.247. The molecule has 7 heteroatoms. The van der Waals surface area contributed by atoms with E-state index in [9.17, 15) is 14.7 Å². The lowest BCUT2D eigenvalue weighted by Gasteiger charge is -2.15. The van der Waals surface area contributed by atoms with E-state index in [1.165, 1.54) is 7.11 Å². The normalized spacial score (nSPS) is 10.6. The molecule has 1 amide bonds. The van der Waals surface area contributed by atoms with Crippen molar-refractivity contribution in [2.45, 2.75) is 26.7 Å². The quantitative estimate of drug-likeness (QED) is 0.670. The number of benzene rings is 2. The molecule has 0 unspecified atom stereocenters. The van der Waals surface area contributed by atoms with Gasteiger partial charge in [-0.3, -0.25) is 9.59 Å². The number of aromatic hydroxyl groups is 1. The lowest BCUT2D eigenvalue weighted by molar-refractivity contribution is 0.101. The van der Waals surface area contributed by atoms with Gasteiger partial charge in [0.15, 0.2) is 11.4 Å². The summed E-state index contributed by atoms with van der Waals surface area (Å²) in [6, 6.07) is 13.6. The third kappa shape index (κ3) is 3.99. The maximum Gasteiger partial charge on any atom is 0.280 e. The van der Waals surface area contributed by atoms with Crippen LogP contribution in [0.2, 0.25) is 0 Å². The van der Waals surface area contributed by atoms with Gasteiger partial charge in [-0.05, 0) is 36.1 Å². The molecule has 1 heterocycles. The smallest absolute Gasteiger partial charge is 0.280 e. The van der Waals surface area contributed by atoms with Gasteiger partial charge in [-0.15, -0.1) is 0 Å². The molecule has 0 fully saturated rings. The van der Waals surface area contributed by atoms with Crippen LogP contribution in [-0.2, 0) is 12.8 Å². The van der Waals surface area contributed by atoms with Crippen molar-refractivity contribution in [1.82, 2.24) is 9.78 Å². The van der Waals surface area contributed by atoms with Crippen LogP contribution in [-0.4, -0.2) is 27.9 Å². The molecular weight excluding hydrogens is 370 g/mol. The Labute approximate surface area is 168 Å². The molecule has 0 aliphatic heterocycles. The van der Waals surface area contributed by atoms with Crippen LogP contribution >= 0.6 is 0 Å². The summed E-state index contributed by atoms with van der Waals surface area (Å²) in [6.45, 7) is 4.00. The molecule has 1 aromatic heterocycles. The molecule has 0 aliphatic rings. The van der Waals surface area contributed by atoms with Gasteiger partial charge in [0, 0.05) is 11.8 Å². The minimum Gasteiger partial charge on any atom is -0.505 e. The molecular formula is C22H23N3O4. The van der Waals surface area contributed by atoms with Crippen LogP contribution in [0, 0.1) is 0 Å². The first-order valence-electron chi connectivity index (χ1n) is 9.39. The van der Waals surface area contributed by atoms with Gasteiger partial charge in [-0.2, -0.15) is 9.78 Å². The summed E-state index contributed by atoms with van der Waals surface area (Å²) in [4.78, 5) is 25.3. The number of anilines is 1. The topological polar surface area (TPSA) is 93.5 Å². The van der Waals surface area contributed by atoms with Crippen molar-refractivity contribution < 1.29 is 14.6 Å². The zero-order valence-corrected chi connectivity index (χ0v) is 16.6. The van der Waals surface area contributed by atoms with E-state index in [0.717, 1.165) is 34.7 Å². The molecule has 0 saturated heterocycles. The second-order valence-electron chi connectivity index (χ2n) is 6.41. The molecule has 3 aromatic rings. The Kier molecular flexibility index (Phi) is 5.97. The van der Waals surface area contributed by atoms with Gasteiger partial charge >= 0.3 is 0 Å². The Morgan fingerprint density at radius 1 is 1.10 bits per heavy atom. The number of hydrogen-bond acceptors (Lipinski definition) is 5. The number of methoxy groups -OCH3 is 1. The van der Waals surface area contributed by atoms with E-state index in [2.05, 4.69) is 10.4 Å². The summed E-state index contributed by atoms with van der Waals surface area (Å²) < 4.78 is 6.32. The number of nitrogens with zero attached hydrogens (tertiary/aromatic N) is 2. The van der Waals surface area contributed by atoms with Gasteiger partial charge in [-0.25, -0.2) is 0 Å². The van der Waals surface area contributed by atoms with Crippen molar-refractivity contribution in [3.8, 4) is 17.2 Å². The summed E-state index contributed by atoms with van der Waals surface area (Å²) in [5, 5.41) is 17.2. The number of carbonyl (C=O) groups excluding carboxylic acids is 1. The predicted octanol–water partition coefficient (Wildman–Crippen LogP) is 3.32. The van der Waals surface area contributed by atoms with Crippen LogP contribution in [0.15, 0.2) is 53.3 Å². The molecule has 0 saturated carbocycles. The summed E-state index contributed by atoms with van der Waals surface area (Å²) in [7, 11) is 1.48. The van der Waals surface area contributed by atoms with E-state index < -0.39 is 17.2 Å². The molecule has 3 rings (SSSR count). The number of carbonyl (C=O) groups is 1. The summed E-state index contributed by atoms with van der Waals surface area (Å²) in [6.07, 6.45) is 1.48. The maximum atomic E-state index is 12.9. The fourth-order valence-electron chi connectivity index (χ4n) is 3.16. The lowest BCUT2D eigenvalue weighted by Crippen LogP contribution is -2.26. The lowest BCUT2D eigenvalue weighted by atomic mass is 10.0. The number of amides is 1. The molecule has 0 spiro atoms. The van der Waals surface area contributed by atoms with Crippen molar-refractivity contribution in [3.05, 3.63) is 75.7 Å². The maximum absolute atomic E-state index is 12.9. The third-order valence-corrected chi connectivity index (χ3v) is 4.68. The molecule has 0 aliphatic carbocycles. The van der Waals surface area contributed by atoms with E-state index in [-0.39, 0.29) is 5.69 Å². The highest BCUT2D eigenvalue weighted by molar-refractivity contribution is 6.05. The Morgan fingerprint density at radius 3 is 2.38 bits per heavy atom. The zero-order valence-electron chi connectivity index (χ0n) is 16.6. The van der Waals surface area contributed by atoms with Gasteiger partial charge in [0.2, 0.25) is 0 Å². The largest absolute Gasteiger partial charge is 0.505 e. The number of para-hydroxylation sites is 3. The van der Waals surface area contributed by atoms with Crippen molar-refractivity contribution in [1.29, 1.82) is 0 Å². The van der Waals surface area contributed by atoms with E-state index in [4.69, 9.17) is 4.74 Å². The van der Waals surface area contributed by atoms with Gasteiger partial charge in [0.1, 0.15) is 11.4 Å². The van der Waals surface area contributed by atoms with Crippen LogP contribution in [0.1, 0.15) is 35.5 Å². The highest BCUT2D eigenvalue weighted by Gasteiger charge is 2.20. The van der Waals surface area contributed by atoms with Gasteiger partial charge in [0.05, 0.1) is 7.11 Å². The minimum atomic E-state index is -0.596. The molecule has 0 bridgehead atoms. The summed E-state index contributed by atoms with van der Waals surface area (Å²) in [5.74, 6) is -0.656. The zero-order chi connectivity index (χ0) is 21.0. The number of rotatable bonds is 6. The van der Waals surface area contributed by atoms with E-state index in [1.54, 1.807) is 24.3 Å². The number of nitrogens with one attached hydrogen (secondary N) is 1. The third-order valence-electron chi connectivity index (χ3n) is 4.68. The van der Waals surface area contributed by atoms with Crippen molar-refractivity contribution >= 4 is 11.6 Å². The van der Waals surface area contributed by atoms with E-state index in [1.807, 2.05) is 32.0 Å². The fraction of sp³-hybridized carbons (Fsp3) is 0.227. The summed E-state index contributed by atoms with van der Waals surface area (Å²) in [5.41, 5.74) is 2.22. The first kappa shape index (κ1) is 20.1. The Hall–Kier alpha value is -3.61. The highest BCUT2D eigenvalue weighted by Crippen LogP contribution is 2.25. The van der Waals surface area contributed by atoms with Gasteiger partial charge in [-0.1, -0.05) is 44.2 Å². The van der Waals surface area contributed by atoms with Crippen LogP contribution in [0.5, 0.6) is 11.5 Å².